The van der Waals surface area contributed by atoms with Crippen molar-refractivity contribution in [3.8, 4) is 11.1 Å². The van der Waals surface area contributed by atoms with Gasteiger partial charge in [0.05, 0.1) is 0 Å². The van der Waals surface area contributed by atoms with Gasteiger partial charge < -0.3 is 0 Å². The molecule has 0 unspecified atom stereocenters. The van der Waals surface area contributed by atoms with Gasteiger partial charge in [0.1, 0.15) is 4.83 Å². The molecule has 0 aliphatic carbocycles. The van der Waals surface area contributed by atoms with E-state index in [2.05, 4.69) is 97.1 Å². The van der Waals surface area contributed by atoms with Gasteiger partial charge in [-0.05, 0) is 56.3 Å². The first kappa shape index (κ1) is 17.0. The Balaban J connectivity index is 1.44. The van der Waals surface area contributed by atoms with E-state index in [4.69, 9.17) is 4.98 Å². The van der Waals surface area contributed by atoms with E-state index in [9.17, 15) is 0 Å². The highest BCUT2D eigenvalue weighted by atomic mass is 32.1. The predicted octanol–water partition coefficient (Wildman–Crippen LogP) is 8.58. The number of pyridine rings is 1. The van der Waals surface area contributed by atoms with Crippen molar-refractivity contribution in [3.05, 3.63) is 103 Å². The average Bonchev–Trinajstić information content (AvgIpc) is 3.22. The zero-order chi connectivity index (χ0) is 20.4. The van der Waals surface area contributed by atoms with Crippen molar-refractivity contribution in [2.75, 3.05) is 0 Å². The van der Waals surface area contributed by atoms with Gasteiger partial charge in [-0.1, -0.05) is 78.9 Å². The second-order valence-corrected chi connectivity index (χ2v) is 9.09. The summed E-state index contributed by atoms with van der Waals surface area (Å²) in [5.74, 6) is 0. The molecule has 0 spiro atoms. The molecule has 0 atom stereocenters. The molecule has 0 aliphatic rings. The Morgan fingerprint density at radius 1 is 0.516 bits per heavy atom. The van der Waals surface area contributed by atoms with Crippen LogP contribution in [0.4, 0.5) is 0 Å². The van der Waals surface area contributed by atoms with Gasteiger partial charge in [0.25, 0.3) is 0 Å². The molecule has 5 aromatic carbocycles. The molecule has 0 saturated carbocycles. The lowest BCUT2D eigenvalue weighted by molar-refractivity contribution is 1.48. The number of aromatic nitrogens is 1. The molecule has 0 radical (unpaired) electrons. The highest BCUT2D eigenvalue weighted by Gasteiger charge is 2.11. The largest absolute Gasteiger partial charge is 0.245 e. The third-order valence-corrected chi connectivity index (χ3v) is 7.38. The van der Waals surface area contributed by atoms with Crippen LogP contribution < -0.4 is 0 Å². The van der Waals surface area contributed by atoms with Crippen molar-refractivity contribution < 1.29 is 0 Å². The standard InChI is InChI=1S/C29H17NS/c1-2-6-23-18(5-1)9-10-21-15-19(11-13-24(21)23)20-12-14-25-22(16-20)17-30-29-28(25)26-7-3-4-8-27(26)31-29/h1-17H. The van der Waals surface area contributed by atoms with Crippen molar-refractivity contribution in [1.29, 1.82) is 0 Å². The minimum atomic E-state index is 1.11. The van der Waals surface area contributed by atoms with E-state index in [0.717, 1.165) is 4.83 Å². The minimum absolute atomic E-state index is 1.11. The first-order valence-electron chi connectivity index (χ1n) is 10.5. The molecule has 144 valence electrons. The summed E-state index contributed by atoms with van der Waals surface area (Å²) >= 11 is 1.77. The lowest BCUT2D eigenvalue weighted by Crippen LogP contribution is -1.83. The zero-order valence-electron chi connectivity index (χ0n) is 16.7. The summed E-state index contributed by atoms with van der Waals surface area (Å²) in [6.07, 6.45) is 2.02. The molecule has 0 bridgehead atoms. The molecular weight excluding hydrogens is 394 g/mol. The number of nitrogens with zero attached hydrogens (tertiary/aromatic N) is 1. The quantitative estimate of drug-likeness (QED) is 0.247. The van der Waals surface area contributed by atoms with Crippen LogP contribution in [0.1, 0.15) is 0 Å². The molecule has 7 aromatic rings. The molecule has 2 aromatic heterocycles. The van der Waals surface area contributed by atoms with Gasteiger partial charge in [-0.25, -0.2) is 4.98 Å². The van der Waals surface area contributed by atoms with Crippen LogP contribution in [0.15, 0.2) is 103 Å². The molecule has 0 saturated heterocycles. The average molecular weight is 412 g/mol. The molecule has 7 rings (SSSR count). The Labute approximate surface area is 183 Å². The number of hydrogen-bond donors (Lipinski definition) is 0. The summed E-state index contributed by atoms with van der Waals surface area (Å²) in [7, 11) is 0. The molecule has 31 heavy (non-hydrogen) atoms. The van der Waals surface area contributed by atoms with E-state index in [1.807, 2.05) is 6.20 Å². The molecule has 1 nitrogen and oxygen atoms in total. The fraction of sp³-hybridized carbons (Fsp3) is 0. The fourth-order valence-electron chi connectivity index (χ4n) is 4.78. The topological polar surface area (TPSA) is 12.9 Å². The Morgan fingerprint density at radius 2 is 1.19 bits per heavy atom. The highest BCUT2D eigenvalue weighted by molar-refractivity contribution is 7.25. The van der Waals surface area contributed by atoms with E-state index in [0.29, 0.717) is 0 Å². The van der Waals surface area contributed by atoms with Crippen molar-refractivity contribution in [2.45, 2.75) is 0 Å². The maximum Gasteiger partial charge on any atom is 0.125 e. The van der Waals surface area contributed by atoms with Crippen LogP contribution in [0, 0.1) is 0 Å². The summed E-state index contributed by atoms with van der Waals surface area (Å²) in [6, 6.07) is 35.2. The van der Waals surface area contributed by atoms with E-state index >= 15 is 0 Å². The molecule has 0 N–H and O–H groups in total. The smallest absolute Gasteiger partial charge is 0.125 e. The van der Waals surface area contributed by atoms with Crippen LogP contribution in [0.5, 0.6) is 0 Å². The minimum Gasteiger partial charge on any atom is -0.245 e. The molecular formula is C29H17NS. The zero-order valence-corrected chi connectivity index (χ0v) is 17.5. The fourth-order valence-corrected chi connectivity index (χ4v) is 5.84. The summed E-state index contributed by atoms with van der Waals surface area (Å²) in [4.78, 5) is 5.89. The van der Waals surface area contributed by atoms with E-state index in [-0.39, 0.29) is 0 Å². The third kappa shape index (κ3) is 2.52. The van der Waals surface area contributed by atoms with Crippen molar-refractivity contribution in [1.82, 2.24) is 4.98 Å². The lowest BCUT2D eigenvalue weighted by Gasteiger charge is -2.09. The van der Waals surface area contributed by atoms with Gasteiger partial charge in [-0.2, -0.15) is 0 Å². The molecule has 2 heterocycles. The van der Waals surface area contributed by atoms with Gasteiger partial charge >= 0.3 is 0 Å². The predicted molar refractivity (Wildman–Crippen MR) is 135 cm³/mol. The lowest BCUT2D eigenvalue weighted by atomic mass is 9.96. The summed E-state index contributed by atoms with van der Waals surface area (Å²) in [5.41, 5.74) is 2.46. The van der Waals surface area contributed by atoms with Crippen LogP contribution in [-0.4, -0.2) is 4.98 Å². The molecule has 0 aliphatic heterocycles. The Morgan fingerprint density at radius 3 is 2.10 bits per heavy atom. The SMILES string of the molecule is c1ccc2c(c1)ccc1cc(-c3ccc4c(cnc5sc6ccccc6c54)c3)ccc12. The Hall–Kier alpha value is -3.75. The van der Waals surface area contributed by atoms with Gasteiger partial charge in [0.2, 0.25) is 0 Å². The number of thiophene rings is 1. The first-order valence-corrected chi connectivity index (χ1v) is 11.3. The van der Waals surface area contributed by atoms with E-state index in [1.54, 1.807) is 11.3 Å². The second kappa shape index (κ2) is 6.37. The number of rotatable bonds is 1. The Bertz CT molecular complexity index is 1790. The number of fused-ring (bicyclic) bond motifs is 8. The van der Waals surface area contributed by atoms with Crippen LogP contribution in [0.3, 0.4) is 0 Å². The van der Waals surface area contributed by atoms with Crippen molar-refractivity contribution in [2.24, 2.45) is 0 Å². The molecule has 2 heteroatoms. The highest BCUT2D eigenvalue weighted by Crippen LogP contribution is 2.38. The third-order valence-electron chi connectivity index (χ3n) is 6.30. The molecule has 0 fully saturated rings. The van der Waals surface area contributed by atoms with Crippen molar-refractivity contribution >= 4 is 64.0 Å². The van der Waals surface area contributed by atoms with Gasteiger partial charge in [0.15, 0.2) is 0 Å². The maximum atomic E-state index is 4.78. The van der Waals surface area contributed by atoms with Gasteiger partial charge in [-0.3, -0.25) is 0 Å². The summed E-state index contributed by atoms with van der Waals surface area (Å²) in [5, 5.41) is 10.2. The van der Waals surface area contributed by atoms with Gasteiger partial charge in [-0.15, -0.1) is 11.3 Å². The van der Waals surface area contributed by atoms with E-state index in [1.165, 1.54) is 58.9 Å². The Kier molecular flexibility index (Phi) is 3.49. The van der Waals surface area contributed by atoms with Crippen LogP contribution in [-0.2, 0) is 0 Å². The number of benzene rings is 5. The van der Waals surface area contributed by atoms with Crippen LogP contribution in [0.2, 0.25) is 0 Å². The first-order chi connectivity index (χ1) is 15.3. The second-order valence-electron chi connectivity index (χ2n) is 8.06. The van der Waals surface area contributed by atoms with Crippen molar-refractivity contribution in [3.63, 3.8) is 0 Å². The van der Waals surface area contributed by atoms with Gasteiger partial charge in [0, 0.05) is 27.1 Å². The molecule has 0 amide bonds. The van der Waals surface area contributed by atoms with E-state index < -0.39 is 0 Å². The maximum absolute atomic E-state index is 4.78. The summed E-state index contributed by atoms with van der Waals surface area (Å²) < 4.78 is 1.29. The number of hydrogen-bond acceptors (Lipinski definition) is 2. The van der Waals surface area contributed by atoms with Crippen LogP contribution in [0.25, 0.3) is 63.7 Å². The summed E-state index contributed by atoms with van der Waals surface area (Å²) in [6.45, 7) is 0. The van der Waals surface area contributed by atoms with Crippen LogP contribution >= 0.6 is 11.3 Å². The normalized spacial score (nSPS) is 11.9. The monoisotopic (exact) mass is 411 g/mol.